The molecule has 0 aliphatic carbocycles. The van der Waals surface area contributed by atoms with Gasteiger partial charge in [0.15, 0.2) is 5.83 Å². The van der Waals surface area contributed by atoms with Crippen LogP contribution in [0, 0.1) is 6.42 Å². The molecule has 0 unspecified atom stereocenters. The van der Waals surface area contributed by atoms with Crippen LogP contribution in [-0.2, 0) is 0 Å². The molecule has 0 nitrogen and oxygen atoms in total. The van der Waals surface area contributed by atoms with Crippen LogP contribution in [0.5, 0.6) is 0 Å². The van der Waals surface area contributed by atoms with Crippen molar-refractivity contribution >= 4 is 0 Å². The molecule has 51 valence electrons. The normalized spacial score (nSPS) is 11.0. The zero-order chi connectivity index (χ0) is 7.49. The Kier molecular flexibility index (Phi) is 2.49. The molecule has 0 spiro atoms. The Hall–Kier alpha value is -0.730. The van der Waals surface area contributed by atoms with Crippen LogP contribution in [0.2, 0.25) is 0 Å². The van der Waals surface area contributed by atoms with Crippen molar-refractivity contribution in [2.45, 2.75) is 5.92 Å². The summed E-state index contributed by atoms with van der Waals surface area (Å²) in [6, 6.07) is 0. The maximum Gasteiger partial charge on any atom is 0.305 e. The Morgan fingerprint density at radius 3 is 2.00 bits per heavy atom. The van der Waals surface area contributed by atoms with Crippen LogP contribution in [0.3, 0.4) is 0 Å². The highest BCUT2D eigenvalue weighted by Gasteiger charge is 2.31. The van der Waals surface area contributed by atoms with Crippen molar-refractivity contribution in [2.24, 2.45) is 0 Å². The van der Waals surface area contributed by atoms with Gasteiger partial charge in [-0.25, -0.2) is 4.39 Å². The standard InChI is InChI=1S/C6H6F3/c1-3-4-6(8,9)5(2)7/h3-4H,1-2H2. The Morgan fingerprint density at radius 1 is 1.44 bits per heavy atom. The molecule has 0 aromatic heterocycles. The Labute approximate surface area is 51.7 Å². The van der Waals surface area contributed by atoms with E-state index in [0.717, 1.165) is 6.08 Å². The second kappa shape index (κ2) is 2.71. The molecule has 0 bridgehead atoms. The van der Waals surface area contributed by atoms with Crippen LogP contribution >= 0.6 is 0 Å². The molecule has 0 aromatic rings. The van der Waals surface area contributed by atoms with Gasteiger partial charge in [0.1, 0.15) is 0 Å². The third-order valence-corrected chi connectivity index (χ3v) is 0.689. The number of alkyl halides is 2. The molecule has 0 saturated heterocycles. The lowest BCUT2D eigenvalue weighted by molar-refractivity contribution is 0.0583. The van der Waals surface area contributed by atoms with Gasteiger partial charge in [-0.15, -0.1) is 6.58 Å². The fourth-order valence-corrected chi connectivity index (χ4v) is 0.238. The number of rotatable bonds is 3. The molecule has 0 heterocycles. The van der Waals surface area contributed by atoms with Crippen molar-refractivity contribution in [1.29, 1.82) is 0 Å². The van der Waals surface area contributed by atoms with Gasteiger partial charge in [-0.05, 0) is 0 Å². The minimum Gasteiger partial charge on any atom is -0.206 e. The van der Waals surface area contributed by atoms with Crippen molar-refractivity contribution in [3.63, 3.8) is 0 Å². The van der Waals surface area contributed by atoms with Crippen LogP contribution < -0.4 is 0 Å². The predicted molar refractivity (Wildman–Crippen MR) is 29.7 cm³/mol. The first-order valence-electron chi connectivity index (χ1n) is 2.20. The molecule has 3 heteroatoms. The summed E-state index contributed by atoms with van der Waals surface area (Å²) >= 11 is 0. The molecule has 0 aliphatic rings. The van der Waals surface area contributed by atoms with Gasteiger partial charge in [-0.1, -0.05) is 12.7 Å². The predicted octanol–water partition coefficient (Wildman–Crippen LogP) is 2.50. The third kappa shape index (κ3) is 2.35. The molecule has 0 aliphatic heterocycles. The van der Waals surface area contributed by atoms with E-state index in [9.17, 15) is 13.2 Å². The lowest BCUT2D eigenvalue weighted by Crippen LogP contribution is -2.15. The van der Waals surface area contributed by atoms with Crippen LogP contribution in [-0.4, -0.2) is 5.92 Å². The van der Waals surface area contributed by atoms with E-state index in [2.05, 4.69) is 13.2 Å². The molecule has 0 rings (SSSR count). The van der Waals surface area contributed by atoms with Gasteiger partial charge in [0.25, 0.3) is 0 Å². The fourth-order valence-electron chi connectivity index (χ4n) is 0.238. The SMILES string of the molecule is C=C[CH]C(F)(F)C(=C)F. The van der Waals surface area contributed by atoms with E-state index < -0.39 is 11.7 Å². The van der Waals surface area contributed by atoms with E-state index in [-0.39, 0.29) is 0 Å². The summed E-state index contributed by atoms with van der Waals surface area (Å²) in [5.74, 6) is -5.22. The molecule has 0 atom stereocenters. The number of hydrogen-bond donors (Lipinski definition) is 0. The van der Waals surface area contributed by atoms with Crippen LogP contribution in [0.25, 0.3) is 0 Å². The third-order valence-electron chi connectivity index (χ3n) is 0.689. The highest BCUT2D eigenvalue weighted by molar-refractivity contribution is 5.12. The molecule has 0 aromatic carbocycles. The molecule has 9 heavy (non-hydrogen) atoms. The van der Waals surface area contributed by atoms with Crippen LogP contribution in [0.4, 0.5) is 13.2 Å². The van der Waals surface area contributed by atoms with Gasteiger partial charge in [0.05, 0.1) is 6.42 Å². The average molecular weight is 135 g/mol. The molecule has 0 amide bonds. The first-order chi connectivity index (χ1) is 4.00. The zero-order valence-electron chi connectivity index (χ0n) is 4.70. The van der Waals surface area contributed by atoms with Gasteiger partial charge in [0, 0.05) is 0 Å². The van der Waals surface area contributed by atoms with Crippen molar-refractivity contribution < 1.29 is 13.2 Å². The number of allylic oxidation sites excluding steroid dienone is 2. The van der Waals surface area contributed by atoms with Crippen LogP contribution in [0.15, 0.2) is 25.1 Å². The molecule has 0 N–H and O–H groups in total. The van der Waals surface area contributed by atoms with E-state index in [1.54, 1.807) is 0 Å². The summed E-state index contributed by atoms with van der Waals surface area (Å²) in [4.78, 5) is 0. The van der Waals surface area contributed by atoms with Gasteiger partial charge in [-0.3, -0.25) is 0 Å². The minimum absolute atomic E-state index is 0.343. The topological polar surface area (TPSA) is 0 Å². The molecule has 0 fully saturated rings. The molecular weight excluding hydrogens is 129 g/mol. The maximum atomic E-state index is 11.9. The largest absolute Gasteiger partial charge is 0.305 e. The lowest BCUT2D eigenvalue weighted by atomic mass is 10.2. The molecular formula is C6H6F3. The highest BCUT2D eigenvalue weighted by Crippen LogP contribution is 2.26. The van der Waals surface area contributed by atoms with Gasteiger partial charge in [-0.2, -0.15) is 8.78 Å². The lowest BCUT2D eigenvalue weighted by Gasteiger charge is -2.08. The van der Waals surface area contributed by atoms with Crippen molar-refractivity contribution in [1.82, 2.24) is 0 Å². The smallest absolute Gasteiger partial charge is 0.206 e. The Balaban J connectivity index is 4.00. The number of halogens is 3. The summed E-state index contributed by atoms with van der Waals surface area (Å²) in [6.45, 7) is 5.43. The summed E-state index contributed by atoms with van der Waals surface area (Å²) in [5.41, 5.74) is 0. The van der Waals surface area contributed by atoms with Gasteiger partial charge in [0.2, 0.25) is 0 Å². The van der Waals surface area contributed by atoms with Crippen molar-refractivity contribution in [3.05, 3.63) is 31.5 Å². The first-order valence-corrected chi connectivity index (χ1v) is 2.20. The summed E-state index contributed by atoms with van der Waals surface area (Å²) in [6.07, 6.45) is 1.17. The van der Waals surface area contributed by atoms with E-state index in [1.807, 2.05) is 0 Å². The summed E-state index contributed by atoms with van der Waals surface area (Å²) in [5, 5.41) is 0. The second-order valence-electron chi connectivity index (χ2n) is 1.43. The van der Waals surface area contributed by atoms with Crippen LogP contribution in [0.1, 0.15) is 0 Å². The number of hydrogen-bond acceptors (Lipinski definition) is 0. The summed E-state index contributed by atoms with van der Waals surface area (Å²) in [7, 11) is 0. The maximum absolute atomic E-state index is 11.9. The van der Waals surface area contributed by atoms with Gasteiger partial charge >= 0.3 is 5.92 Å². The first kappa shape index (κ1) is 8.27. The van der Waals surface area contributed by atoms with E-state index in [4.69, 9.17) is 0 Å². The zero-order valence-corrected chi connectivity index (χ0v) is 4.70. The highest BCUT2D eigenvalue weighted by atomic mass is 19.3. The fraction of sp³-hybridized carbons (Fsp3) is 0.167. The second-order valence-corrected chi connectivity index (χ2v) is 1.43. The monoisotopic (exact) mass is 135 g/mol. The Bertz CT molecular complexity index is 126. The van der Waals surface area contributed by atoms with E-state index >= 15 is 0 Å². The van der Waals surface area contributed by atoms with E-state index in [0.29, 0.717) is 6.42 Å². The van der Waals surface area contributed by atoms with Crippen molar-refractivity contribution in [2.75, 3.05) is 0 Å². The quantitative estimate of drug-likeness (QED) is 0.557. The molecule has 1 radical (unpaired) electrons. The Morgan fingerprint density at radius 2 is 1.89 bits per heavy atom. The van der Waals surface area contributed by atoms with Crippen molar-refractivity contribution in [3.8, 4) is 0 Å². The van der Waals surface area contributed by atoms with Gasteiger partial charge < -0.3 is 0 Å². The summed E-state index contributed by atoms with van der Waals surface area (Å²) < 4.78 is 35.5. The molecule has 0 saturated carbocycles. The minimum atomic E-state index is -3.55. The van der Waals surface area contributed by atoms with E-state index in [1.165, 1.54) is 0 Å². The average Bonchev–Trinajstić information content (AvgIpc) is 1.65.